The SMILES string of the molecule is C[Si](C)(C)CCOCn1ccnc1CC(CN)(CO)Cc1nccn1COCC[Si](C)(C)C. The second-order valence-electron chi connectivity index (χ2n) is 11.5. The van der Waals surface area contributed by atoms with Crippen LogP contribution in [0.5, 0.6) is 0 Å². The first-order valence-corrected chi connectivity index (χ1v) is 19.3. The number of nitrogens with two attached hydrogens (primary N) is 1. The monoisotopic (exact) mass is 495 g/mol. The highest BCUT2D eigenvalue weighted by Gasteiger charge is 2.32. The number of rotatable bonds is 16. The topological polar surface area (TPSA) is 100 Å². The fraction of sp³-hybridized carbons (Fsp3) is 0.739. The number of aliphatic hydroxyl groups excluding tert-OH is 1. The maximum atomic E-state index is 10.4. The molecule has 33 heavy (non-hydrogen) atoms. The molecule has 3 N–H and O–H groups in total. The zero-order chi connectivity index (χ0) is 24.5. The van der Waals surface area contributed by atoms with Crippen molar-refractivity contribution in [1.29, 1.82) is 0 Å². The molecule has 2 aromatic heterocycles. The van der Waals surface area contributed by atoms with Crippen LogP contribution >= 0.6 is 0 Å². The number of nitrogens with zero attached hydrogens (tertiary/aromatic N) is 4. The minimum Gasteiger partial charge on any atom is -0.396 e. The number of imidazole rings is 2. The third-order valence-electron chi connectivity index (χ3n) is 5.89. The van der Waals surface area contributed by atoms with Crippen LogP contribution in [-0.4, -0.2) is 66.7 Å². The molecule has 0 spiro atoms. The first kappa shape index (κ1) is 27.9. The Labute approximate surface area is 201 Å². The summed E-state index contributed by atoms with van der Waals surface area (Å²) >= 11 is 0. The highest BCUT2D eigenvalue weighted by molar-refractivity contribution is 6.76. The average molecular weight is 496 g/mol. The van der Waals surface area contributed by atoms with Crippen LogP contribution in [0, 0.1) is 5.41 Å². The van der Waals surface area contributed by atoms with Crippen molar-refractivity contribution in [2.24, 2.45) is 11.1 Å². The molecule has 2 rings (SSSR count). The Morgan fingerprint density at radius 3 is 1.61 bits per heavy atom. The highest BCUT2D eigenvalue weighted by atomic mass is 28.3. The first-order chi connectivity index (χ1) is 15.5. The summed E-state index contributed by atoms with van der Waals surface area (Å²) in [6.45, 7) is 16.8. The van der Waals surface area contributed by atoms with Crippen molar-refractivity contribution in [3.63, 3.8) is 0 Å². The summed E-state index contributed by atoms with van der Waals surface area (Å²) in [7, 11) is -2.25. The first-order valence-electron chi connectivity index (χ1n) is 11.9. The van der Waals surface area contributed by atoms with Gasteiger partial charge in [0.15, 0.2) is 0 Å². The lowest BCUT2D eigenvalue weighted by molar-refractivity contribution is 0.0752. The molecule has 0 bridgehead atoms. The zero-order valence-electron chi connectivity index (χ0n) is 21.5. The number of hydrogen-bond acceptors (Lipinski definition) is 6. The maximum absolute atomic E-state index is 10.4. The minimum atomic E-state index is -1.12. The lowest BCUT2D eigenvalue weighted by atomic mass is 9.81. The van der Waals surface area contributed by atoms with E-state index < -0.39 is 21.6 Å². The molecular weight excluding hydrogens is 450 g/mol. The maximum Gasteiger partial charge on any atom is 0.123 e. The van der Waals surface area contributed by atoms with Crippen molar-refractivity contribution in [2.75, 3.05) is 26.4 Å². The van der Waals surface area contributed by atoms with Crippen molar-refractivity contribution < 1.29 is 14.6 Å². The summed E-state index contributed by atoms with van der Waals surface area (Å²) in [5, 5.41) is 10.4. The Kier molecular flexibility index (Phi) is 10.5. The van der Waals surface area contributed by atoms with E-state index in [4.69, 9.17) is 15.2 Å². The van der Waals surface area contributed by atoms with Gasteiger partial charge in [-0.15, -0.1) is 0 Å². The van der Waals surface area contributed by atoms with E-state index >= 15 is 0 Å². The Hall–Kier alpha value is -1.31. The van der Waals surface area contributed by atoms with Crippen LogP contribution in [-0.2, 0) is 35.8 Å². The van der Waals surface area contributed by atoms with Gasteiger partial charge < -0.3 is 29.4 Å². The molecule has 0 aliphatic carbocycles. The van der Waals surface area contributed by atoms with Gasteiger partial charge in [0.2, 0.25) is 0 Å². The van der Waals surface area contributed by atoms with Crippen LogP contribution in [0.25, 0.3) is 0 Å². The summed E-state index contributed by atoms with van der Waals surface area (Å²) < 4.78 is 15.8. The number of aliphatic hydroxyl groups is 1. The van der Waals surface area contributed by atoms with Gasteiger partial charge in [0.25, 0.3) is 0 Å². The van der Waals surface area contributed by atoms with Gasteiger partial charge in [0.05, 0.1) is 6.61 Å². The normalized spacial score (nSPS) is 13.1. The molecule has 0 radical (unpaired) electrons. The molecule has 188 valence electrons. The molecule has 8 nitrogen and oxygen atoms in total. The van der Waals surface area contributed by atoms with E-state index in [-0.39, 0.29) is 6.61 Å². The van der Waals surface area contributed by atoms with Crippen molar-refractivity contribution >= 4 is 16.1 Å². The lowest BCUT2D eigenvalue weighted by Crippen LogP contribution is -2.40. The molecule has 0 atom stereocenters. The van der Waals surface area contributed by atoms with Gasteiger partial charge in [-0.05, 0) is 12.1 Å². The van der Waals surface area contributed by atoms with E-state index in [1.165, 1.54) is 0 Å². The fourth-order valence-electron chi connectivity index (χ4n) is 3.39. The molecule has 0 saturated heterocycles. The molecule has 0 aliphatic rings. The highest BCUT2D eigenvalue weighted by Crippen LogP contribution is 2.26. The van der Waals surface area contributed by atoms with E-state index in [0.29, 0.717) is 32.8 Å². The molecule has 2 aromatic rings. The number of aromatic nitrogens is 4. The van der Waals surface area contributed by atoms with Crippen molar-refractivity contribution in [2.45, 2.75) is 77.7 Å². The van der Waals surface area contributed by atoms with Crippen LogP contribution in [0.4, 0.5) is 0 Å². The van der Waals surface area contributed by atoms with E-state index in [1.807, 2.05) is 21.5 Å². The summed E-state index contributed by atoms with van der Waals surface area (Å²) in [4.78, 5) is 9.07. The molecule has 2 heterocycles. The van der Waals surface area contributed by atoms with Crippen molar-refractivity contribution in [3.05, 3.63) is 36.4 Å². The van der Waals surface area contributed by atoms with Crippen LogP contribution in [0.3, 0.4) is 0 Å². The van der Waals surface area contributed by atoms with Gasteiger partial charge in [-0.2, -0.15) is 0 Å². The Morgan fingerprint density at radius 2 is 1.27 bits per heavy atom. The summed E-state index contributed by atoms with van der Waals surface area (Å²) in [5.74, 6) is 1.74. The van der Waals surface area contributed by atoms with E-state index in [9.17, 15) is 5.11 Å². The summed E-state index contributed by atoms with van der Waals surface area (Å²) in [6, 6.07) is 2.26. The van der Waals surface area contributed by atoms with Gasteiger partial charge in [-0.3, -0.25) is 0 Å². The molecule has 0 unspecified atom stereocenters. The summed E-state index contributed by atoms with van der Waals surface area (Å²) in [6.07, 6.45) is 8.51. The molecule has 10 heteroatoms. The second-order valence-corrected chi connectivity index (χ2v) is 22.8. The summed E-state index contributed by atoms with van der Waals surface area (Å²) in [5.41, 5.74) is 5.65. The van der Waals surface area contributed by atoms with Crippen LogP contribution in [0.2, 0.25) is 51.4 Å². The predicted molar refractivity (Wildman–Crippen MR) is 139 cm³/mol. The van der Waals surface area contributed by atoms with Crippen LogP contribution < -0.4 is 5.73 Å². The number of hydrogen-bond donors (Lipinski definition) is 2. The van der Waals surface area contributed by atoms with Crippen LogP contribution in [0.1, 0.15) is 11.6 Å². The second kappa shape index (κ2) is 12.4. The van der Waals surface area contributed by atoms with Gasteiger partial charge in [-0.25, -0.2) is 9.97 Å². The molecule has 0 saturated carbocycles. The smallest absolute Gasteiger partial charge is 0.123 e. The fourth-order valence-corrected chi connectivity index (χ4v) is 4.90. The third kappa shape index (κ3) is 9.83. The van der Waals surface area contributed by atoms with Crippen LogP contribution in [0.15, 0.2) is 24.8 Å². The van der Waals surface area contributed by atoms with E-state index in [0.717, 1.165) is 37.0 Å². The van der Waals surface area contributed by atoms with Crippen molar-refractivity contribution in [3.8, 4) is 0 Å². The Morgan fingerprint density at radius 1 is 0.848 bits per heavy atom. The quantitative estimate of drug-likeness (QED) is 0.273. The Balaban J connectivity index is 2.00. The minimum absolute atomic E-state index is 0.0455. The van der Waals surface area contributed by atoms with Gasteiger partial charge >= 0.3 is 0 Å². The van der Waals surface area contributed by atoms with Gasteiger partial charge in [-0.1, -0.05) is 39.3 Å². The van der Waals surface area contributed by atoms with Gasteiger partial charge in [0, 0.05) is 79.0 Å². The number of ether oxygens (including phenoxy) is 2. The molecular formula is C23H45N5O3Si2. The molecule has 0 aliphatic heterocycles. The standard InChI is InChI=1S/C23H45N5O3Si2/c1-32(2,3)13-11-30-19-27-9-7-25-21(27)15-23(17-24,18-29)16-22-26-8-10-28(22)20-31-12-14-33(4,5)6/h7-10,29H,11-20,24H2,1-6H3. The van der Waals surface area contributed by atoms with Crippen molar-refractivity contribution in [1.82, 2.24) is 19.1 Å². The largest absolute Gasteiger partial charge is 0.396 e. The van der Waals surface area contributed by atoms with E-state index in [1.54, 1.807) is 12.4 Å². The van der Waals surface area contributed by atoms with E-state index in [2.05, 4.69) is 49.3 Å². The third-order valence-corrected chi connectivity index (χ3v) is 9.30. The molecule has 0 amide bonds. The van der Waals surface area contributed by atoms with Gasteiger partial charge in [0.1, 0.15) is 25.1 Å². The lowest BCUT2D eigenvalue weighted by Gasteiger charge is -2.30. The zero-order valence-corrected chi connectivity index (χ0v) is 23.5. The molecule has 0 aromatic carbocycles. The predicted octanol–water partition coefficient (Wildman–Crippen LogP) is 3.43. The Bertz CT molecular complexity index is 758. The molecule has 0 fully saturated rings. The average Bonchev–Trinajstić information content (AvgIpc) is 3.35.